The minimum Gasteiger partial charge on any atom is -0.386 e. The van der Waals surface area contributed by atoms with Gasteiger partial charge in [0.2, 0.25) is 6.41 Å². The van der Waals surface area contributed by atoms with E-state index >= 15 is 0 Å². The van der Waals surface area contributed by atoms with Gasteiger partial charge in [0, 0.05) is 34.3 Å². The van der Waals surface area contributed by atoms with Gasteiger partial charge in [0.15, 0.2) is 0 Å². The minimum atomic E-state index is -1.05. The lowest BCUT2D eigenvalue weighted by Gasteiger charge is -2.19. The van der Waals surface area contributed by atoms with E-state index in [0.29, 0.717) is 23.2 Å². The van der Waals surface area contributed by atoms with Gasteiger partial charge < -0.3 is 21.1 Å². The van der Waals surface area contributed by atoms with Crippen molar-refractivity contribution in [3.8, 4) is 11.1 Å². The molecule has 0 spiro atoms. The van der Waals surface area contributed by atoms with Gasteiger partial charge in [0.05, 0.1) is 27.4 Å². The molecule has 5 N–H and O–H groups in total. The second-order valence-electron chi connectivity index (χ2n) is 10.1. The molecule has 1 aliphatic heterocycles. The molecular weight excluding hydrogens is 528 g/mol. The number of nitrogens with one attached hydrogen (secondary N) is 2. The van der Waals surface area contributed by atoms with Gasteiger partial charge in [0.25, 0.3) is 11.8 Å². The van der Waals surface area contributed by atoms with Crippen LogP contribution in [0.4, 0.5) is 5.69 Å². The van der Waals surface area contributed by atoms with Gasteiger partial charge in [-0.2, -0.15) is 0 Å². The molecule has 1 aromatic heterocycles. The van der Waals surface area contributed by atoms with Crippen LogP contribution in [-0.4, -0.2) is 33.2 Å². The van der Waals surface area contributed by atoms with Crippen molar-refractivity contribution >= 4 is 57.3 Å². The summed E-state index contributed by atoms with van der Waals surface area (Å²) in [6, 6.07) is 14.7. The second-order valence-corrected chi connectivity index (χ2v) is 10.5. The standard InChI is InChI=1S/C31H27ClN4O4/c1-17-19(6-4-8-24(17)34-27(38)15-26-23(32)7-5-13-36(26)16-37)20-11-12-22(30(33)39)29-28(20)21-10-9-18(31(2,3)40)14-25(21)35-29/h4-16,35,40H,1-3H3,(H2,33,39)(H,34,38)/b26-15-. The zero-order valence-electron chi connectivity index (χ0n) is 22.1. The highest BCUT2D eigenvalue weighted by Crippen LogP contribution is 2.40. The van der Waals surface area contributed by atoms with Crippen LogP contribution in [0.15, 0.2) is 83.7 Å². The molecule has 9 heteroatoms. The first kappa shape index (κ1) is 26.9. The number of hydrogen-bond donors (Lipinski definition) is 4. The number of nitrogens with two attached hydrogens (primary N) is 1. The minimum absolute atomic E-state index is 0.262. The molecule has 2 heterocycles. The Hall–Kier alpha value is -4.66. The molecule has 202 valence electrons. The average molecular weight is 555 g/mol. The van der Waals surface area contributed by atoms with E-state index in [0.717, 1.165) is 38.5 Å². The summed E-state index contributed by atoms with van der Waals surface area (Å²) in [6.07, 6.45) is 6.56. The Labute approximate surface area is 235 Å². The first-order valence-corrected chi connectivity index (χ1v) is 12.9. The van der Waals surface area contributed by atoms with Gasteiger partial charge in [-0.05, 0) is 73.4 Å². The van der Waals surface area contributed by atoms with Crippen molar-refractivity contribution in [1.82, 2.24) is 9.88 Å². The summed E-state index contributed by atoms with van der Waals surface area (Å²) in [5.74, 6) is -1.02. The molecule has 3 aromatic carbocycles. The van der Waals surface area contributed by atoms with Crippen LogP contribution in [0, 0.1) is 6.92 Å². The third kappa shape index (κ3) is 4.79. The number of amides is 3. The number of anilines is 1. The molecule has 4 aromatic rings. The number of aromatic nitrogens is 1. The fraction of sp³-hybridized carbons (Fsp3) is 0.129. The number of aliphatic hydroxyl groups is 1. The lowest BCUT2D eigenvalue weighted by atomic mass is 9.92. The monoisotopic (exact) mass is 554 g/mol. The SMILES string of the molecule is Cc1c(NC(=O)/C=C2/C(Cl)=CC=CN2C=O)cccc1-c1ccc(C(N)=O)c2[nH]c3cc(C(C)(C)O)ccc3c12. The van der Waals surface area contributed by atoms with Gasteiger partial charge in [-0.25, -0.2) is 0 Å². The van der Waals surface area contributed by atoms with Gasteiger partial charge in [0.1, 0.15) is 0 Å². The zero-order chi connectivity index (χ0) is 28.8. The smallest absolute Gasteiger partial charge is 0.250 e. The lowest BCUT2D eigenvalue weighted by Crippen LogP contribution is -2.20. The highest BCUT2D eigenvalue weighted by atomic mass is 35.5. The van der Waals surface area contributed by atoms with Gasteiger partial charge in [-0.3, -0.25) is 19.3 Å². The number of benzene rings is 3. The number of nitrogens with zero attached hydrogens (tertiary/aromatic N) is 1. The van der Waals surface area contributed by atoms with Crippen LogP contribution < -0.4 is 11.1 Å². The molecule has 40 heavy (non-hydrogen) atoms. The van der Waals surface area contributed by atoms with Crippen LogP contribution in [0.3, 0.4) is 0 Å². The van der Waals surface area contributed by atoms with E-state index in [1.54, 1.807) is 38.1 Å². The van der Waals surface area contributed by atoms with E-state index < -0.39 is 17.4 Å². The van der Waals surface area contributed by atoms with Crippen molar-refractivity contribution in [1.29, 1.82) is 0 Å². The highest BCUT2D eigenvalue weighted by molar-refractivity contribution is 6.32. The summed E-state index contributed by atoms with van der Waals surface area (Å²) in [6.45, 7) is 5.31. The molecule has 3 amide bonds. The first-order chi connectivity index (χ1) is 19.0. The maximum Gasteiger partial charge on any atom is 0.250 e. The quantitative estimate of drug-likeness (QED) is 0.184. The van der Waals surface area contributed by atoms with Crippen LogP contribution in [0.2, 0.25) is 0 Å². The van der Waals surface area contributed by atoms with Crippen LogP contribution in [0.1, 0.15) is 35.3 Å². The number of hydrogen-bond acceptors (Lipinski definition) is 4. The number of carbonyl (C=O) groups excluding carboxylic acids is 3. The van der Waals surface area contributed by atoms with Gasteiger partial charge in [-0.15, -0.1) is 0 Å². The maximum atomic E-state index is 12.9. The van der Waals surface area contributed by atoms with E-state index in [1.807, 2.05) is 43.3 Å². The summed E-state index contributed by atoms with van der Waals surface area (Å²) >= 11 is 6.21. The van der Waals surface area contributed by atoms with Crippen LogP contribution in [0.25, 0.3) is 32.9 Å². The summed E-state index contributed by atoms with van der Waals surface area (Å²) in [5, 5.41) is 15.3. The Balaban J connectivity index is 1.62. The molecule has 0 fully saturated rings. The summed E-state index contributed by atoms with van der Waals surface area (Å²) in [5.41, 5.74) is 10.4. The van der Waals surface area contributed by atoms with E-state index in [9.17, 15) is 19.5 Å². The lowest BCUT2D eigenvalue weighted by molar-refractivity contribution is -0.114. The zero-order valence-corrected chi connectivity index (χ0v) is 22.8. The van der Waals surface area contributed by atoms with Crippen molar-refractivity contribution in [3.05, 3.63) is 100 Å². The predicted octanol–water partition coefficient (Wildman–Crippen LogP) is 5.55. The van der Waals surface area contributed by atoms with E-state index in [2.05, 4.69) is 10.3 Å². The topological polar surface area (TPSA) is 129 Å². The summed E-state index contributed by atoms with van der Waals surface area (Å²) < 4.78 is 0. The Morgan fingerprint density at radius 1 is 1.12 bits per heavy atom. The molecule has 5 rings (SSSR count). The summed E-state index contributed by atoms with van der Waals surface area (Å²) in [7, 11) is 0. The number of primary amides is 1. The number of allylic oxidation sites excluding steroid dienone is 3. The maximum absolute atomic E-state index is 12.9. The Bertz CT molecular complexity index is 1810. The number of fused-ring (bicyclic) bond motifs is 3. The normalized spacial score (nSPS) is 14.6. The molecule has 0 unspecified atom stereocenters. The van der Waals surface area contributed by atoms with Gasteiger partial charge >= 0.3 is 0 Å². The van der Waals surface area contributed by atoms with Crippen molar-refractivity contribution < 1.29 is 19.5 Å². The molecule has 0 saturated carbocycles. The number of carbonyl (C=O) groups is 3. The fourth-order valence-corrected chi connectivity index (χ4v) is 5.15. The third-order valence-corrected chi connectivity index (χ3v) is 7.32. The molecule has 0 saturated heterocycles. The molecule has 0 aliphatic carbocycles. The molecule has 0 radical (unpaired) electrons. The average Bonchev–Trinajstić information content (AvgIpc) is 3.29. The number of aromatic amines is 1. The number of H-pyrrole nitrogens is 1. The molecule has 0 atom stereocenters. The van der Waals surface area contributed by atoms with E-state index in [4.69, 9.17) is 17.3 Å². The molecule has 0 bridgehead atoms. The van der Waals surface area contributed by atoms with Gasteiger partial charge in [-0.1, -0.05) is 41.9 Å². The van der Waals surface area contributed by atoms with Crippen molar-refractivity contribution in [3.63, 3.8) is 0 Å². The van der Waals surface area contributed by atoms with Crippen LogP contribution >= 0.6 is 11.6 Å². The van der Waals surface area contributed by atoms with Crippen molar-refractivity contribution in [2.24, 2.45) is 5.73 Å². The molecule has 1 aliphatic rings. The van der Waals surface area contributed by atoms with E-state index in [-0.39, 0.29) is 10.7 Å². The Morgan fingerprint density at radius 3 is 2.60 bits per heavy atom. The summed E-state index contributed by atoms with van der Waals surface area (Å²) in [4.78, 5) is 41.2. The molecular formula is C31H27ClN4O4. The highest BCUT2D eigenvalue weighted by Gasteiger charge is 2.22. The van der Waals surface area contributed by atoms with Crippen LogP contribution in [0.5, 0.6) is 0 Å². The van der Waals surface area contributed by atoms with Crippen molar-refractivity contribution in [2.75, 3.05) is 5.32 Å². The number of halogens is 1. The first-order valence-electron chi connectivity index (χ1n) is 12.5. The Kier molecular flexibility index (Phi) is 6.83. The van der Waals surface area contributed by atoms with E-state index in [1.165, 1.54) is 17.2 Å². The van der Waals surface area contributed by atoms with Crippen molar-refractivity contribution in [2.45, 2.75) is 26.4 Å². The number of rotatable bonds is 6. The fourth-order valence-electron chi connectivity index (χ4n) is 4.92. The Morgan fingerprint density at radius 2 is 1.90 bits per heavy atom. The largest absolute Gasteiger partial charge is 0.386 e. The third-order valence-electron chi connectivity index (χ3n) is 7.00. The predicted molar refractivity (Wildman–Crippen MR) is 157 cm³/mol. The second kappa shape index (κ2) is 10.1. The molecule has 8 nitrogen and oxygen atoms in total. The van der Waals surface area contributed by atoms with Crippen LogP contribution in [-0.2, 0) is 15.2 Å².